The maximum absolute atomic E-state index is 13.2. The molecule has 1 aromatic heterocycles. The third-order valence-corrected chi connectivity index (χ3v) is 4.33. The Balaban J connectivity index is 1.67. The number of amides is 2. The van der Waals surface area contributed by atoms with E-state index >= 15 is 0 Å². The highest BCUT2D eigenvalue weighted by Gasteiger charge is 2.32. The van der Waals surface area contributed by atoms with Gasteiger partial charge in [0, 0.05) is 37.1 Å². The van der Waals surface area contributed by atoms with Crippen LogP contribution in [0, 0.1) is 0 Å². The minimum absolute atomic E-state index is 0.104. The number of carbonyl (C=O) groups excluding carboxylic acids is 2. The van der Waals surface area contributed by atoms with E-state index in [2.05, 4.69) is 20.9 Å². The fourth-order valence-electron chi connectivity index (χ4n) is 2.90. The molecule has 11 heteroatoms. The standard InChI is InChI=1S/C18H20F3N5O3/c19-18(20,21)13-9-12(16(27)22-4-2-6-26-7-5-23-25-26)10-14(11-13)24-17(28)15-3-1-8-29-15/h5,7,9-11,15H,1-4,6,8H2,(H,22,27)(H,24,28). The summed E-state index contributed by atoms with van der Waals surface area (Å²) in [7, 11) is 0. The molecule has 2 heterocycles. The third-order valence-electron chi connectivity index (χ3n) is 4.33. The molecule has 2 amide bonds. The fourth-order valence-corrected chi connectivity index (χ4v) is 2.90. The van der Waals surface area contributed by atoms with Crippen LogP contribution in [0.2, 0.25) is 0 Å². The summed E-state index contributed by atoms with van der Waals surface area (Å²) in [4.78, 5) is 24.5. The lowest BCUT2D eigenvalue weighted by Gasteiger charge is -2.15. The van der Waals surface area contributed by atoms with E-state index in [1.807, 2.05) is 0 Å². The molecule has 1 aromatic carbocycles. The van der Waals surface area contributed by atoms with Gasteiger partial charge in [0.15, 0.2) is 0 Å². The summed E-state index contributed by atoms with van der Waals surface area (Å²) in [5.41, 5.74) is -1.31. The van der Waals surface area contributed by atoms with Crippen molar-refractivity contribution in [2.75, 3.05) is 18.5 Å². The lowest BCUT2D eigenvalue weighted by Crippen LogP contribution is -2.28. The van der Waals surface area contributed by atoms with E-state index in [4.69, 9.17) is 4.74 Å². The number of hydrogen-bond donors (Lipinski definition) is 2. The molecular formula is C18H20F3N5O3. The molecule has 1 aliphatic heterocycles. The second kappa shape index (κ2) is 9.03. The van der Waals surface area contributed by atoms with Crippen molar-refractivity contribution >= 4 is 17.5 Å². The Hall–Kier alpha value is -2.95. The van der Waals surface area contributed by atoms with Gasteiger partial charge in [-0.05, 0) is 37.5 Å². The summed E-state index contributed by atoms with van der Waals surface area (Å²) in [5, 5.41) is 12.4. The Morgan fingerprint density at radius 1 is 1.28 bits per heavy atom. The van der Waals surface area contributed by atoms with Crippen LogP contribution in [0.4, 0.5) is 18.9 Å². The summed E-state index contributed by atoms with van der Waals surface area (Å²) < 4.78 is 46.5. The first kappa shape index (κ1) is 20.8. The molecule has 1 aliphatic rings. The average molecular weight is 411 g/mol. The summed E-state index contributed by atoms with van der Waals surface area (Å²) in [6.45, 7) is 1.18. The highest BCUT2D eigenvalue weighted by molar-refractivity contribution is 5.98. The first-order chi connectivity index (χ1) is 13.8. The van der Waals surface area contributed by atoms with E-state index < -0.39 is 29.7 Å². The number of nitrogens with zero attached hydrogens (tertiary/aromatic N) is 3. The van der Waals surface area contributed by atoms with Gasteiger partial charge in [-0.3, -0.25) is 14.3 Å². The third kappa shape index (κ3) is 5.76. The molecule has 0 bridgehead atoms. The van der Waals surface area contributed by atoms with E-state index in [1.165, 1.54) is 12.3 Å². The molecule has 29 heavy (non-hydrogen) atoms. The molecule has 1 fully saturated rings. The number of halogens is 3. The van der Waals surface area contributed by atoms with Crippen molar-refractivity contribution in [3.63, 3.8) is 0 Å². The second-order valence-electron chi connectivity index (χ2n) is 6.56. The van der Waals surface area contributed by atoms with Crippen LogP contribution in [-0.2, 0) is 22.3 Å². The van der Waals surface area contributed by atoms with Crippen LogP contribution in [-0.4, -0.2) is 46.1 Å². The normalized spacial score (nSPS) is 16.6. The first-order valence-corrected chi connectivity index (χ1v) is 9.10. The molecule has 0 aliphatic carbocycles. The molecule has 2 N–H and O–H groups in total. The Morgan fingerprint density at radius 2 is 2.10 bits per heavy atom. The van der Waals surface area contributed by atoms with E-state index in [9.17, 15) is 22.8 Å². The molecule has 3 rings (SSSR count). The topological polar surface area (TPSA) is 98.1 Å². The van der Waals surface area contributed by atoms with Gasteiger partial charge in [-0.25, -0.2) is 0 Å². The lowest BCUT2D eigenvalue weighted by atomic mass is 10.1. The van der Waals surface area contributed by atoms with Gasteiger partial charge >= 0.3 is 6.18 Å². The van der Waals surface area contributed by atoms with Crippen LogP contribution < -0.4 is 10.6 Å². The molecule has 156 valence electrons. The molecule has 1 atom stereocenters. The van der Waals surface area contributed by atoms with E-state index in [1.54, 1.807) is 10.9 Å². The van der Waals surface area contributed by atoms with Gasteiger partial charge in [0.05, 0.1) is 11.8 Å². The van der Waals surface area contributed by atoms with Crippen LogP contribution in [0.5, 0.6) is 0 Å². The summed E-state index contributed by atoms with van der Waals surface area (Å²) in [6.07, 6.45) is -0.430. The largest absolute Gasteiger partial charge is 0.416 e. The number of carbonyl (C=O) groups is 2. The van der Waals surface area contributed by atoms with Crippen molar-refractivity contribution in [1.82, 2.24) is 20.3 Å². The van der Waals surface area contributed by atoms with E-state index in [-0.39, 0.29) is 17.8 Å². The zero-order chi connectivity index (χ0) is 20.9. The zero-order valence-corrected chi connectivity index (χ0v) is 15.4. The predicted molar refractivity (Wildman–Crippen MR) is 96.0 cm³/mol. The lowest BCUT2D eigenvalue weighted by molar-refractivity contribution is -0.137. The quantitative estimate of drug-likeness (QED) is 0.681. The number of benzene rings is 1. The number of nitrogens with one attached hydrogen (secondary N) is 2. The summed E-state index contributed by atoms with van der Waals surface area (Å²) >= 11 is 0. The van der Waals surface area contributed by atoms with Crippen LogP contribution in [0.1, 0.15) is 35.2 Å². The molecule has 0 spiro atoms. The number of rotatable bonds is 7. The Labute approximate surface area is 164 Å². The van der Waals surface area contributed by atoms with Gasteiger partial charge in [-0.15, -0.1) is 5.10 Å². The van der Waals surface area contributed by atoms with Crippen molar-refractivity contribution in [3.05, 3.63) is 41.7 Å². The maximum Gasteiger partial charge on any atom is 0.416 e. The minimum Gasteiger partial charge on any atom is -0.368 e. The van der Waals surface area contributed by atoms with E-state index in [0.717, 1.165) is 12.1 Å². The molecule has 1 unspecified atom stereocenters. The van der Waals surface area contributed by atoms with Crippen molar-refractivity contribution in [2.24, 2.45) is 0 Å². The molecular weight excluding hydrogens is 391 g/mol. The van der Waals surface area contributed by atoms with Crippen molar-refractivity contribution in [2.45, 2.75) is 38.1 Å². The van der Waals surface area contributed by atoms with Crippen molar-refractivity contribution < 1.29 is 27.5 Å². The van der Waals surface area contributed by atoms with Gasteiger partial charge in [-0.1, -0.05) is 5.21 Å². The summed E-state index contributed by atoms with van der Waals surface area (Å²) in [6, 6.07) is 2.78. The highest BCUT2D eigenvalue weighted by Crippen LogP contribution is 2.32. The maximum atomic E-state index is 13.2. The Morgan fingerprint density at radius 3 is 2.76 bits per heavy atom. The van der Waals surface area contributed by atoms with Gasteiger partial charge in [0.2, 0.25) is 0 Å². The van der Waals surface area contributed by atoms with Gasteiger partial charge in [0.1, 0.15) is 6.10 Å². The number of aromatic nitrogens is 3. The number of hydrogen-bond acceptors (Lipinski definition) is 5. The average Bonchev–Trinajstić information content (AvgIpc) is 3.38. The molecule has 2 aromatic rings. The van der Waals surface area contributed by atoms with Crippen LogP contribution in [0.25, 0.3) is 0 Å². The van der Waals surface area contributed by atoms with Crippen molar-refractivity contribution in [1.29, 1.82) is 0 Å². The predicted octanol–water partition coefficient (Wildman–Crippen LogP) is 2.23. The monoisotopic (exact) mass is 411 g/mol. The van der Waals surface area contributed by atoms with E-state index in [0.29, 0.717) is 32.4 Å². The Bertz CT molecular complexity index is 849. The van der Waals surface area contributed by atoms with Gasteiger partial charge in [0.25, 0.3) is 11.8 Å². The SMILES string of the molecule is O=C(NCCCn1ccnn1)c1cc(NC(=O)C2CCCO2)cc(C(F)(F)F)c1. The minimum atomic E-state index is -4.66. The zero-order valence-electron chi connectivity index (χ0n) is 15.4. The smallest absolute Gasteiger partial charge is 0.368 e. The Kier molecular flexibility index (Phi) is 6.47. The first-order valence-electron chi connectivity index (χ1n) is 9.10. The van der Waals surface area contributed by atoms with Crippen LogP contribution in [0.3, 0.4) is 0 Å². The molecule has 0 radical (unpaired) electrons. The molecule has 8 nitrogen and oxygen atoms in total. The molecule has 1 saturated heterocycles. The van der Waals surface area contributed by atoms with Crippen LogP contribution >= 0.6 is 0 Å². The highest BCUT2D eigenvalue weighted by atomic mass is 19.4. The van der Waals surface area contributed by atoms with Gasteiger partial charge < -0.3 is 15.4 Å². The van der Waals surface area contributed by atoms with Gasteiger partial charge in [-0.2, -0.15) is 13.2 Å². The molecule has 0 saturated carbocycles. The summed E-state index contributed by atoms with van der Waals surface area (Å²) in [5.74, 6) is -1.19. The number of aryl methyl sites for hydroxylation is 1. The second-order valence-corrected chi connectivity index (χ2v) is 6.56. The number of anilines is 1. The fraction of sp³-hybridized carbons (Fsp3) is 0.444. The number of ether oxygens (including phenoxy) is 1. The number of alkyl halides is 3. The van der Waals surface area contributed by atoms with Crippen molar-refractivity contribution in [3.8, 4) is 0 Å². The van der Waals surface area contributed by atoms with Crippen LogP contribution in [0.15, 0.2) is 30.6 Å².